The standard InChI is InChI=1S/C19H37N7O6/c1-11(24-17(29)12(22)6-2-4-8-20)16(28)25-13(7-3-5-9-21)18(30)26-14(19(31)32)10-15(23)27/h11-14H,2-10,20-22H2,1H3,(H2,23,27)(H,24,29)(H,25,28)(H,26,30)(H,31,32). The number of carbonyl (C=O) groups is 5. The van der Waals surface area contributed by atoms with E-state index in [0.717, 1.165) is 6.42 Å². The summed E-state index contributed by atoms with van der Waals surface area (Å²) in [6, 6.07) is -4.42. The van der Waals surface area contributed by atoms with Crippen LogP contribution in [0.5, 0.6) is 0 Å². The Bertz CT molecular complexity index is 646. The van der Waals surface area contributed by atoms with E-state index in [1.807, 2.05) is 0 Å². The molecule has 0 spiro atoms. The number of nitrogens with two attached hydrogens (primary N) is 4. The van der Waals surface area contributed by atoms with Crippen molar-refractivity contribution in [3.05, 3.63) is 0 Å². The van der Waals surface area contributed by atoms with Gasteiger partial charge in [-0.1, -0.05) is 6.42 Å². The highest BCUT2D eigenvalue weighted by Gasteiger charge is 2.29. The van der Waals surface area contributed by atoms with Crippen LogP contribution in [0.15, 0.2) is 0 Å². The molecule has 32 heavy (non-hydrogen) atoms. The molecule has 0 aliphatic rings. The molecule has 0 aliphatic carbocycles. The van der Waals surface area contributed by atoms with Gasteiger partial charge in [-0.2, -0.15) is 0 Å². The van der Waals surface area contributed by atoms with Crippen LogP contribution in [0, 0.1) is 0 Å². The Morgan fingerprint density at radius 3 is 1.81 bits per heavy atom. The zero-order chi connectivity index (χ0) is 24.7. The van der Waals surface area contributed by atoms with E-state index in [1.165, 1.54) is 6.92 Å². The van der Waals surface area contributed by atoms with Gasteiger partial charge >= 0.3 is 5.97 Å². The summed E-state index contributed by atoms with van der Waals surface area (Å²) in [6.45, 7) is 2.29. The van der Waals surface area contributed by atoms with Crippen molar-refractivity contribution in [1.29, 1.82) is 0 Å². The third-order valence-electron chi connectivity index (χ3n) is 4.66. The summed E-state index contributed by atoms with van der Waals surface area (Å²) in [7, 11) is 0. The number of carbonyl (C=O) groups excluding carboxylic acids is 4. The van der Waals surface area contributed by atoms with Crippen molar-refractivity contribution in [3.8, 4) is 0 Å². The summed E-state index contributed by atoms with van der Waals surface area (Å²) in [4.78, 5) is 59.6. The number of primary amides is 1. The fourth-order valence-electron chi connectivity index (χ4n) is 2.76. The Kier molecular flexibility index (Phi) is 14.6. The molecule has 0 aromatic carbocycles. The van der Waals surface area contributed by atoms with Crippen LogP contribution in [0.25, 0.3) is 0 Å². The van der Waals surface area contributed by atoms with E-state index in [2.05, 4.69) is 16.0 Å². The number of carboxylic acid groups (broad SMARTS) is 1. The molecule has 0 rings (SSSR count). The second-order valence-electron chi connectivity index (χ2n) is 7.54. The Morgan fingerprint density at radius 2 is 1.31 bits per heavy atom. The number of hydrogen-bond donors (Lipinski definition) is 8. The summed E-state index contributed by atoms with van der Waals surface area (Å²) in [5.74, 6) is -4.29. The molecule has 0 saturated carbocycles. The number of nitrogens with one attached hydrogen (secondary N) is 3. The maximum absolute atomic E-state index is 12.6. The van der Waals surface area contributed by atoms with Gasteiger partial charge in [0.15, 0.2) is 0 Å². The Labute approximate surface area is 187 Å². The first-order valence-corrected chi connectivity index (χ1v) is 10.6. The molecule has 0 bridgehead atoms. The highest BCUT2D eigenvalue weighted by molar-refractivity contribution is 5.94. The minimum atomic E-state index is -1.53. The largest absolute Gasteiger partial charge is 0.480 e. The smallest absolute Gasteiger partial charge is 0.326 e. The van der Waals surface area contributed by atoms with Crippen LogP contribution in [0.2, 0.25) is 0 Å². The van der Waals surface area contributed by atoms with Crippen molar-refractivity contribution in [3.63, 3.8) is 0 Å². The van der Waals surface area contributed by atoms with E-state index in [-0.39, 0.29) is 6.42 Å². The van der Waals surface area contributed by atoms with Gasteiger partial charge in [-0.05, 0) is 52.1 Å². The van der Waals surface area contributed by atoms with Gasteiger partial charge in [0.2, 0.25) is 23.6 Å². The maximum Gasteiger partial charge on any atom is 0.326 e. The van der Waals surface area contributed by atoms with Crippen molar-refractivity contribution in [1.82, 2.24) is 16.0 Å². The van der Waals surface area contributed by atoms with Gasteiger partial charge < -0.3 is 44.0 Å². The molecule has 4 unspecified atom stereocenters. The summed E-state index contributed by atoms with van der Waals surface area (Å²) < 4.78 is 0. The molecule has 4 amide bonds. The van der Waals surface area contributed by atoms with Gasteiger partial charge in [0, 0.05) is 0 Å². The summed E-state index contributed by atoms with van der Waals surface area (Å²) in [5.41, 5.74) is 21.7. The van der Waals surface area contributed by atoms with Crippen LogP contribution in [-0.2, 0) is 24.0 Å². The highest BCUT2D eigenvalue weighted by atomic mass is 16.4. The van der Waals surface area contributed by atoms with Gasteiger partial charge in [0.25, 0.3) is 0 Å². The predicted molar refractivity (Wildman–Crippen MR) is 117 cm³/mol. The lowest BCUT2D eigenvalue weighted by Crippen LogP contribution is -2.56. The summed E-state index contributed by atoms with van der Waals surface area (Å²) >= 11 is 0. The van der Waals surface area contributed by atoms with Crippen LogP contribution in [-0.4, -0.2) is 72.0 Å². The van der Waals surface area contributed by atoms with Crippen LogP contribution >= 0.6 is 0 Å². The fourth-order valence-corrected chi connectivity index (χ4v) is 2.76. The molecule has 0 heterocycles. The molecule has 13 heteroatoms. The minimum absolute atomic E-state index is 0.178. The SMILES string of the molecule is CC(NC(=O)C(N)CCCCN)C(=O)NC(CCCCN)C(=O)NC(CC(N)=O)C(=O)O. The number of aliphatic carboxylic acids is 1. The van der Waals surface area contributed by atoms with Crippen LogP contribution in [0.1, 0.15) is 51.9 Å². The molecule has 0 aromatic rings. The Hall–Kier alpha value is -2.77. The van der Waals surface area contributed by atoms with Crippen LogP contribution in [0.4, 0.5) is 0 Å². The van der Waals surface area contributed by atoms with E-state index in [1.54, 1.807) is 0 Å². The van der Waals surface area contributed by atoms with Gasteiger partial charge in [-0.15, -0.1) is 0 Å². The van der Waals surface area contributed by atoms with E-state index in [9.17, 15) is 29.1 Å². The topological polar surface area (TPSA) is 246 Å². The van der Waals surface area contributed by atoms with Crippen molar-refractivity contribution in [2.45, 2.75) is 76.0 Å². The predicted octanol–water partition coefficient (Wildman–Crippen LogP) is -2.99. The molecule has 0 radical (unpaired) electrons. The molecule has 4 atom stereocenters. The lowest BCUT2D eigenvalue weighted by atomic mass is 10.1. The Morgan fingerprint density at radius 1 is 0.781 bits per heavy atom. The monoisotopic (exact) mass is 459 g/mol. The average Bonchev–Trinajstić information content (AvgIpc) is 2.71. The van der Waals surface area contributed by atoms with Crippen molar-refractivity contribution < 1.29 is 29.1 Å². The molecular formula is C19H37N7O6. The number of hydrogen-bond acceptors (Lipinski definition) is 8. The second kappa shape index (κ2) is 15.9. The van der Waals surface area contributed by atoms with Crippen LogP contribution < -0.4 is 38.9 Å². The molecular weight excluding hydrogens is 422 g/mol. The second-order valence-corrected chi connectivity index (χ2v) is 7.54. The van der Waals surface area contributed by atoms with Gasteiger partial charge in [0.05, 0.1) is 12.5 Å². The molecule has 0 aliphatic heterocycles. The minimum Gasteiger partial charge on any atom is -0.480 e. The number of carboxylic acids is 1. The molecule has 12 N–H and O–H groups in total. The lowest BCUT2D eigenvalue weighted by molar-refractivity contribution is -0.143. The molecule has 0 fully saturated rings. The van der Waals surface area contributed by atoms with E-state index in [4.69, 9.17) is 22.9 Å². The first kappa shape index (κ1) is 29.2. The average molecular weight is 460 g/mol. The number of rotatable bonds is 17. The van der Waals surface area contributed by atoms with Crippen molar-refractivity contribution >= 4 is 29.6 Å². The highest BCUT2D eigenvalue weighted by Crippen LogP contribution is 2.04. The Balaban J connectivity index is 5.04. The normalized spacial score (nSPS) is 14.5. The van der Waals surface area contributed by atoms with Gasteiger partial charge in [-0.3, -0.25) is 19.2 Å². The summed E-state index contributed by atoms with van der Waals surface area (Å²) in [5, 5.41) is 16.4. The quantitative estimate of drug-likeness (QED) is 0.103. The van der Waals surface area contributed by atoms with Crippen molar-refractivity contribution in [2.24, 2.45) is 22.9 Å². The first-order chi connectivity index (χ1) is 15.0. The zero-order valence-electron chi connectivity index (χ0n) is 18.5. The molecule has 184 valence electrons. The summed E-state index contributed by atoms with van der Waals surface area (Å²) in [6.07, 6.45) is 2.45. The zero-order valence-corrected chi connectivity index (χ0v) is 18.5. The molecule has 0 saturated heterocycles. The van der Waals surface area contributed by atoms with Crippen LogP contribution in [0.3, 0.4) is 0 Å². The number of amides is 4. The van der Waals surface area contributed by atoms with Crippen molar-refractivity contribution in [2.75, 3.05) is 13.1 Å². The maximum atomic E-state index is 12.6. The third-order valence-corrected chi connectivity index (χ3v) is 4.66. The molecule has 0 aromatic heterocycles. The van der Waals surface area contributed by atoms with E-state index < -0.39 is 60.2 Å². The van der Waals surface area contributed by atoms with Gasteiger partial charge in [0.1, 0.15) is 18.1 Å². The first-order valence-electron chi connectivity index (χ1n) is 10.6. The van der Waals surface area contributed by atoms with E-state index >= 15 is 0 Å². The number of unbranched alkanes of at least 4 members (excludes halogenated alkanes) is 2. The lowest BCUT2D eigenvalue weighted by Gasteiger charge is -2.23. The fraction of sp³-hybridized carbons (Fsp3) is 0.737. The van der Waals surface area contributed by atoms with E-state index in [0.29, 0.717) is 38.8 Å². The molecule has 13 nitrogen and oxygen atoms in total. The third kappa shape index (κ3) is 12.2. The van der Waals surface area contributed by atoms with Gasteiger partial charge in [-0.25, -0.2) is 4.79 Å².